The van der Waals surface area contributed by atoms with Crippen LogP contribution in [0.2, 0.25) is 0 Å². The number of aromatic nitrogens is 3. The predicted octanol–water partition coefficient (Wildman–Crippen LogP) is 5.97. The number of hydrogen-bond donors (Lipinski definition) is 0. The highest BCUT2D eigenvalue weighted by Gasteiger charge is 2.08. The molecule has 3 heterocycles. The van der Waals surface area contributed by atoms with Crippen molar-refractivity contribution in [2.75, 3.05) is 0 Å². The summed E-state index contributed by atoms with van der Waals surface area (Å²) in [5.74, 6) is 0. The highest BCUT2D eigenvalue weighted by Crippen LogP contribution is 2.13. The van der Waals surface area contributed by atoms with E-state index in [-0.39, 0.29) is 0 Å². The van der Waals surface area contributed by atoms with Crippen LogP contribution in [0, 0.1) is 20.8 Å². The first-order valence-electron chi connectivity index (χ1n) is 12.0. The average molecular weight is 464 g/mol. The second-order valence-corrected chi connectivity index (χ2v) is 9.07. The minimum absolute atomic E-state index is 0.703. The molecule has 0 spiro atoms. The number of benzene rings is 1. The lowest BCUT2D eigenvalue weighted by Gasteiger charge is -2.24. The van der Waals surface area contributed by atoms with Crippen LogP contribution in [0.25, 0.3) is 0 Å². The van der Waals surface area contributed by atoms with Gasteiger partial charge in [0.25, 0.3) is 0 Å². The maximum atomic E-state index is 4.63. The fourth-order valence-corrected chi connectivity index (χ4v) is 3.73. The van der Waals surface area contributed by atoms with Gasteiger partial charge in [0.1, 0.15) is 0 Å². The molecular weight excluding hydrogens is 430 g/mol. The van der Waals surface area contributed by atoms with Gasteiger partial charge in [0.2, 0.25) is 0 Å². The van der Waals surface area contributed by atoms with Crippen molar-refractivity contribution in [3.8, 4) is 0 Å². The Balaban J connectivity index is 1.56. The minimum atomic E-state index is 0.703. The third kappa shape index (κ3) is 7.78. The van der Waals surface area contributed by atoms with Gasteiger partial charge in [-0.2, -0.15) is 0 Å². The van der Waals surface area contributed by atoms with E-state index in [1.165, 1.54) is 11.1 Å². The van der Waals surface area contributed by atoms with Crippen LogP contribution in [0.3, 0.4) is 0 Å². The lowest BCUT2D eigenvalue weighted by Crippen LogP contribution is -2.22. The molecule has 5 nitrogen and oxygen atoms in total. The van der Waals surface area contributed by atoms with E-state index in [1.54, 1.807) is 0 Å². The second-order valence-electron chi connectivity index (χ2n) is 9.07. The first kappa shape index (κ1) is 24.1. The molecule has 0 radical (unpaired) electrons. The molecule has 4 rings (SSSR count). The van der Waals surface area contributed by atoms with Crippen LogP contribution in [-0.4, -0.2) is 24.8 Å². The number of aryl methyl sites for hydroxylation is 3. The lowest BCUT2D eigenvalue weighted by atomic mass is 10.2. The summed E-state index contributed by atoms with van der Waals surface area (Å²) in [5.41, 5.74) is 7.86. The largest absolute Gasteiger partial charge is 0.366 e. The Morgan fingerprint density at radius 2 is 0.914 bits per heavy atom. The second kappa shape index (κ2) is 11.9. The standard InChI is InChI=1S/C30H33N5/c1-24-9-12-28(31-17-24)21-34(20-27-7-5-4-6-8-27)15-16-35(22-29-13-10-25(2)18-32-29)23-30-14-11-26(3)19-33-30/h4-19H,20-23H2,1-3H3/b16-15+. The van der Waals surface area contributed by atoms with Crippen molar-refractivity contribution >= 4 is 0 Å². The highest BCUT2D eigenvalue weighted by atomic mass is 15.2. The summed E-state index contributed by atoms with van der Waals surface area (Å²) in [7, 11) is 0. The Kier molecular flexibility index (Phi) is 8.23. The van der Waals surface area contributed by atoms with E-state index in [2.05, 4.69) is 125 Å². The van der Waals surface area contributed by atoms with Gasteiger partial charge in [-0.1, -0.05) is 48.5 Å². The summed E-state index contributed by atoms with van der Waals surface area (Å²) < 4.78 is 0. The molecule has 0 N–H and O–H groups in total. The average Bonchev–Trinajstić information content (AvgIpc) is 2.87. The van der Waals surface area contributed by atoms with Gasteiger partial charge in [-0.15, -0.1) is 0 Å². The van der Waals surface area contributed by atoms with Gasteiger partial charge in [0, 0.05) is 37.5 Å². The molecule has 178 valence electrons. The molecule has 0 aliphatic rings. The van der Waals surface area contributed by atoms with E-state index >= 15 is 0 Å². The molecule has 4 aromatic rings. The lowest BCUT2D eigenvalue weighted by molar-refractivity contribution is 0.317. The van der Waals surface area contributed by atoms with Gasteiger partial charge in [-0.3, -0.25) is 15.0 Å². The number of hydrogen-bond acceptors (Lipinski definition) is 5. The smallest absolute Gasteiger partial charge is 0.0601 e. The summed E-state index contributed by atoms with van der Waals surface area (Å²) >= 11 is 0. The molecule has 5 heteroatoms. The van der Waals surface area contributed by atoms with Crippen molar-refractivity contribution < 1.29 is 0 Å². The van der Waals surface area contributed by atoms with Crippen molar-refractivity contribution in [2.24, 2.45) is 0 Å². The summed E-state index contributed by atoms with van der Waals surface area (Å²) in [6, 6.07) is 23.2. The zero-order chi connectivity index (χ0) is 24.5. The quantitative estimate of drug-likeness (QED) is 0.290. The monoisotopic (exact) mass is 463 g/mol. The molecule has 0 bridgehead atoms. The Labute approximate surface area is 208 Å². The first-order chi connectivity index (χ1) is 17.0. The minimum Gasteiger partial charge on any atom is -0.366 e. The summed E-state index contributed by atoms with van der Waals surface area (Å²) in [6.45, 7) is 9.12. The van der Waals surface area contributed by atoms with E-state index in [4.69, 9.17) is 0 Å². The van der Waals surface area contributed by atoms with E-state index in [0.717, 1.165) is 41.3 Å². The Morgan fingerprint density at radius 3 is 1.29 bits per heavy atom. The maximum absolute atomic E-state index is 4.63. The van der Waals surface area contributed by atoms with Crippen LogP contribution in [-0.2, 0) is 26.2 Å². The zero-order valence-electron chi connectivity index (χ0n) is 20.8. The Morgan fingerprint density at radius 1 is 0.514 bits per heavy atom. The van der Waals surface area contributed by atoms with Gasteiger partial charge >= 0.3 is 0 Å². The van der Waals surface area contributed by atoms with Crippen LogP contribution in [0.1, 0.15) is 39.3 Å². The maximum Gasteiger partial charge on any atom is 0.0601 e. The summed E-state index contributed by atoms with van der Waals surface area (Å²) in [5, 5.41) is 0. The summed E-state index contributed by atoms with van der Waals surface area (Å²) in [6.07, 6.45) is 10.1. The van der Waals surface area contributed by atoms with E-state index in [1.807, 2.05) is 18.6 Å². The van der Waals surface area contributed by atoms with Crippen LogP contribution in [0.5, 0.6) is 0 Å². The molecule has 35 heavy (non-hydrogen) atoms. The summed E-state index contributed by atoms with van der Waals surface area (Å²) in [4.78, 5) is 18.4. The van der Waals surface area contributed by atoms with Crippen LogP contribution >= 0.6 is 0 Å². The van der Waals surface area contributed by atoms with E-state index in [9.17, 15) is 0 Å². The normalized spacial score (nSPS) is 11.1. The Hall–Kier alpha value is -3.99. The zero-order valence-corrected chi connectivity index (χ0v) is 20.8. The van der Waals surface area contributed by atoms with Crippen molar-refractivity contribution in [1.29, 1.82) is 0 Å². The van der Waals surface area contributed by atoms with Crippen molar-refractivity contribution in [2.45, 2.75) is 47.0 Å². The van der Waals surface area contributed by atoms with Gasteiger partial charge in [0.05, 0.1) is 36.7 Å². The fraction of sp³-hybridized carbons (Fsp3) is 0.233. The molecule has 0 aliphatic heterocycles. The third-order valence-electron chi connectivity index (χ3n) is 5.73. The Bertz CT molecular complexity index is 1150. The van der Waals surface area contributed by atoms with Gasteiger partial charge < -0.3 is 9.80 Å². The van der Waals surface area contributed by atoms with Gasteiger partial charge in [0.15, 0.2) is 0 Å². The molecule has 0 atom stereocenters. The van der Waals surface area contributed by atoms with Gasteiger partial charge in [-0.05, 0) is 61.2 Å². The highest BCUT2D eigenvalue weighted by molar-refractivity contribution is 5.18. The van der Waals surface area contributed by atoms with Crippen LogP contribution in [0.4, 0.5) is 0 Å². The SMILES string of the molecule is Cc1ccc(CN(/C=C/N(Cc2ccc(C)cn2)Cc2ccc(C)cn2)Cc2ccccc2)nc1. The molecule has 0 aliphatic carbocycles. The predicted molar refractivity (Wildman–Crippen MR) is 141 cm³/mol. The number of rotatable bonds is 10. The number of nitrogens with zero attached hydrogens (tertiary/aromatic N) is 5. The van der Waals surface area contributed by atoms with Crippen molar-refractivity contribution in [3.05, 3.63) is 137 Å². The van der Waals surface area contributed by atoms with Gasteiger partial charge in [-0.25, -0.2) is 0 Å². The molecule has 0 fully saturated rings. The third-order valence-corrected chi connectivity index (χ3v) is 5.73. The fourth-order valence-electron chi connectivity index (χ4n) is 3.73. The van der Waals surface area contributed by atoms with Crippen molar-refractivity contribution in [3.63, 3.8) is 0 Å². The van der Waals surface area contributed by atoms with E-state index in [0.29, 0.717) is 13.1 Å². The molecule has 3 aromatic heterocycles. The number of pyridine rings is 3. The topological polar surface area (TPSA) is 45.2 Å². The molecular formula is C30H33N5. The van der Waals surface area contributed by atoms with Crippen LogP contribution < -0.4 is 0 Å². The molecule has 0 unspecified atom stereocenters. The molecule has 0 saturated carbocycles. The van der Waals surface area contributed by atoms with Crippen molar-refractivity contribution in [1.82, 2.24) is 24.8 Å². The molecule has 0 amide bonds. The molecule has 0 saturated heterocycles. The first-order valence-corrected chi connectivity index (χ1v) is 12.0. The van der Waals surface area contributed by atoms with Crippen LogP contribution in [0.15, 0.2) is 97.7 Å². The van der Waals surface area contributed by atoms with E-state index < -0.39 is 0 Å². The molecule has 1 aromatic carbocycles.